The topological polar surface area (TPSA) is 133 Å². The summed E-state index contributed by atoms with van der Waals surface area (Å²) in [7, 11) is 2.99. The zero-order valence-electron chi connectivity index (χ0n) is 19.3. The Balaban J connectivity index is 1.75. The average Bonchev–Trinajstić information content (AvgIpc) is 3.33. The highest BCUT2D eigenvalue weighted by atomic mass is 32.1. The number of anilines is 1. The van der Waals surface area contributed by atoms with Gasteiger partial charge in [0, 0.05) is 18.0 Å². The first-order chi connectivity index (χ1) is 16.2. The predicted molar refractivity (Wildman–Crippen MR) is 125 cm³/mol. The third kappa shape index (κ3) is 4.88. The van der Waals surface area contributed by atoms with Gasteiger partial charge in [-0.3, -0.25) is 9.59 Å². The summed E-state index contributed by atoms with van der Waals surface area (Å²) in [5.74, 6) is -2.02. The Morgan fingerprint density at radius 2 is 1.79 bits per heavy atom. The lowest BCUT2D eigenvalue weighted by Crippen LogP contribution is -2.22. The molecule has 0 fully saturated rings. The number of ether oxygens (including phenoxy) is 3. The Kier molecular flexibility index (Phi) is 7.57. The standard InChI is InChI=1S/C23H24N2O8S/c1-6-31-22(28)17-12(3)19(20(27)24-4)34-21(17)25-16(26)10-32-23(29)18-11(2)14-9-13(30-5)7-8-15(14)33-18/h7-9H,6,10H2,1-5H3,(H,24,27)(H,25,26). The molecule has 11 heteroatoms. The molecule has 2 amide bonds. The fraction of sp³-hybridized carbons (Fsp3) is 0.304. The monoisotopic (exact) mass is 488 g/mol. The maximum Gasteiger partial charge on any atom is 0.375 e. The van der Waals surface area contributed by atoms with Crippen LogP contribution in [0.3, 0.4) is 0 Å². The van der Waals surface area contributed by atoms with Crippen molar-refractivity contribution in [2.75, 3.05) is 32.7 Å². The van der Waals surface area contributed by atoms with Crippen LogP contribution in [0.4, 0.5) is 5.00 Å². The predicted octanol–water partition coefficient (Wildman–Crippen LogP) is 3.45. The minimum absolute atomic E-state index is 0.0304. The molecule has 0 bridgehead atoms. The molecule has 2 heterocycles. The molecule has 0 saturated carbocycles. The van der Waals surface area contributed by atoms with Crippen molar-refractivity contribution in [1.29, 1.82) is 0 Å². The van der Waals surface area contributed by atoms with E-state index in [4.69, 9.17) is 18.6 Å². The number of fused-ring (bicyclic) bond motifs is 1. The van der Waals surface area contributed by atoms with Gasteiger partial charge < -0.3 is 29.3 Å². The van der Waals surface area contributed by atoms with Gasteiger partial charge in [-0.05, 0) is 44.5 Å². The van der Waals surface area contributed by atoms with E-state index in [2.05, 4.69) is 10.6 Å². The van der Waals surface area contributed by atoms with Gasteiger partial charge in [-0.15, -0.1) is 11.3 Å². The van der Waals surface area contributed by atoms with Gasteiger partial charge in [0.1, 0.15) is 16.3 Å². The highest BCUT2D eigenvalue weighted by molar-refractivity contribution is 7.18. The molecule has 180 valence electrons. The highest BCUT2D eigenvalue weighted by Gasteiger charge is 2.27. The first-order valence-electron chi connectivity index (χ1n) is 10.3. The fourth-order valence-corrected chi connectivity index (χ4v) is 4.42. The number of thiophene rings is 1. The molecular formula is C23H24N2O8S. The van der Waals surface area contributed by atoms with Gasteiger partial charge in [-0.25, -0.2) is 9.59 Å². The molecule has 3 aromatic rings. The number of furan rings is 1. The number of methoxy groups -OCH3 is 1. The molecule has 1 aromatic carbocycles. The first-order valence-corrected chi connectivity index (χ1v) is 11.1. The molecule has 10 nitrogen and oxygen atoms in total. The van der Waals surface area contributed by atoms with Gasteiger partial charge in [0.15, 0.2) is 6.61 Å². The number of hydrogen-bond acceptors (Lipinski definition) is 9. The van der Waals surface area contributed by atoms with Crippen LogP contribution in [0.5, 0.6) is 5.75 Å². The van der Waals surface area contributed by atoms with Crippen LogP contribution in [0.2, 0.25) is 0 Å². The quantitative estimate of drug-likeness (QED) is 0.461. The molecule has 0 spiro atoms. The van der Waals surface area contributed by atoms with Crippen molar-refractivity contribution in [2.24, 2.45) is 0 Å². The summed E-state index contributed by atoms with van der Waals surface area (Å²) >= 11 is 0.925. The zero-order chi connectivity index (χ0) is 25.0. The Labute approximate surface area is 199 Å². The summed E-state index contributed by atoms with van der Waals surface area (Å²) < 4.78 is 20.9. The van der Waals surface area contributed by atoms with Crippen molar-refractivity contribution in [3.63, 3.8) is 0 Å². The number of benzene rings is 1. The summed E-state index contributed by atoms with van der Waals surface area (Å²) in [5, 5.41) is 5.83. The van der Waals surface area contributed by atoms with Crippen LogP contribution in [-0.4, -0.2) is 51.1 Å². The lowest BCUT2D eigenvalue weighted by molar-refractivity contribution is -0.119. The molecular weight excluding hydrogens is 464 g/mol. The second-order valence-corrected chi connectivity index (χ2v) is 8.12. The normalized spacial score (nSPS) is 10.6. The van der Waals surface area contributed by atoms with E-state index in [1.807, 2.05) is 0 Å². The number of nitrogens with one attached hydrogen (secondary N) is 2. The molecule has 2 N–H and O–H groups in total. The van der Waals surface area contributed by atoms with Crippen LogP contribution in [0, 0.1) is 13.8 Å². The fourth-order valence-electron chi connectivity index (χ4n) is 3.26. The second kappa shape index (κ2) is 10.4. The molecule has 2 aromatic heterocycles. The van der Waals surface area contributed by atoms with Gasteiger partial charge >= 0.3 is 11.9 Å². The molecule has 3 rings (SSSR count). The summed E-state index contributed by atoms with van der Waals surface area (Å²) in [6.07, 6.45) is 0. The van der Waals surface area contributed by atoms with E-state index < -0.39 is 30.4 Å². The SMILES string of the molecule is CCOC(=O)c1c(NC(=O)COC(=O)c2oc3ccc(OC)cc3c2C)sc(C(=O)NC)c1C. The smallest absolute Gasteiger partial charge is 0.375 e. The lowest BCUT2D eigenvalue weighted by Gasteiger charge is -2.07. The number of carbonyl (C=O) groups is 4. The van der Waals surface area contributed by atoms with Crippen LogP contribution < -0.4 is 15.4 Å². The Morgan fingerprint density at radius 1 is 1.06 bits per heavy atom. The number of carbonyl (C=O) groups excluding carboxylic acids is 4. The van der Waals surface area contributed by atoms with E-state index in [1.54, 1.807) is 39.0 Å². The molecule has 0 atom stereocenters. The van der Waals surface area contributed by atoms with Crippen LogP contribution in [0.1, 0.15) is 48.6 Å². The summed E-state index contributed by atoms with van der Waals surface area (Å²) in [4.78, 5) is 49.8. The number of aryl methyl sites for hydroxylation is 1. The van der Waals surface area contributed by atoms with Crippen molar-refractivity contribution < 1.29 is 37.8 Å². The van der Waals surface area contributed by atoms with Crippen molar-refractivity contribution >= 4 is 51.1 Å². The molecule has 0 unspecified atom stereocenters. The molecule has 0 saturated heterocycles. The summed E-state index contributed by atoms with van der Waals surface area (Å²) in [5.41, 5.74) is 1.48. The average molecular weight is 489 g/mol. The second-order valence-electron chi connectivity index (χ2n) is 7.10. The number of rotatable bonds is 8. The van der Waals surface area contributed by atoms with Crippen LogP contribution in [0.15, 0.2) is 22.6 Å². The van der Waals surface area contributed by atoms with E-state index in [0.29, 0.717) is 27.8 Å². The Bertz CT molecular complexity index is 1270. The maximum atomic E-state index is 12.5. The van der Waals surface area contributed by atoms with Gasteiger partial charge in [0.25, 0.3) is 11.8 Å². The minimum Gasteiger partial charge on any atom is -0.497 e. The minimum atomic E-state index is -0.818. The van der Waals surface area contributed by atoms with E-state index in [-0.39, 0.29) is 27.8 Å². The van der Waals surface area contributed by atoms with Gasteiger partial charge in [-0.2, -0.15) is 0 Å². The number of hydrogen-bond donors (Lipinski definition) is 2. The molecule has 0 aliphatic heterocycles. The van der Waals surface area contributed by atoms with E-state index in [9.17, 15) is 19.2 Å². The lowest BCUT2D eigenvalue weighted by atomic mass is 10.1. The Morgan fingerprint density at radius 3 is 2.44 bits per heavy atom. The van der Waals surface area contributed by atoms with Crippen molar-refractivity contribution in [2.45, 2.75) is 20.8 Å². The first kappa shape index (κ1) is 24.8. The number of esters is 2. The molecule has 0 aliphatic rings. The van der Waals surface area contributed by atoms with Crippen LogP contribution >= 0.6 is 11.3 Å². The van der Waals surface area contributed by atoms with Gasteiger partial charge in [0.2, 0.25) is 5.76 Å². The third-order valence-electron chi connectivity index (χ3n) is 4.98. The summed E-state index contributed by atoms with van der Waals surface area (Å²) in [6, 6.07) is 5.10. The molecule has 0 aliphatic carbocycles. The largest absolute Gasteiger partial charge is 0.497 e. The van der Waals surface area contributed by atoms with Crippen molar-refractivity contribution in [3.05, 3.63) is 45.5 Å². The number of amides is 2. The van der Waals surface area contributed by atoms with E-state index in [0.717, 1.165) is 11.3 Å². The molecule has 34 heavy (non-hydrogen) atoms. The van der Waals surface area contributed by atoms with Gasteiger partial charge in [-0.1, -0.05) is 0 Å². The van der Waals surface area contributed by atoms with Crippen LogP contribution in [-0.2, 0) is 14.3 Å². The third-order valence-corrected chi connectivity index (χ3v) is 6.18. The summed E-state index contributed by atoms with van der Waals surface area (Å²) in [6.45, 7) is 4.42. The van der Waals surface area contributed by atoms with E-state index in [1.165, 1.54) is 14.2 Å². The van der Waals surface area contributed by atoms with Crippen molar-refractivity contribution in [1.82, 2.24) is 5.32 Å². The van der Waals surface area contributed by atoms with Crippen molar-refractivity contribution in [3.8, 4) is 5.75 Å². The molecule has 0 radical (unpaired) electrons. The highest BCUT2D eigenvalue weighted by Crippen LogP contribution is 2.34. The van der Waals surface area contributed by atoms with Crippen LogP contribution in [0.25, 0.3) is 11.0 Å². The van der Waals surface area contributed by atoms with E-state index >= 15 is 0 Å². The Hall–Kier alpha value is -3.86. The van der Waals surface area contributed by atoms with Gasteiger partial charge in [0.05, 0.1) is 24.2 Å². The zero-order valence-corrected chi connectivity index (χ0v) is 20.1. The maximum absolute atomic E-state index is 12.5.